The summed E-state index contributed by atoms with van der Waals surface area (Å²) in [6.07, 6.45) is 68.1. The van der Waals surface area contributed by atoms with E-state index in [1.807, 2.05) is 0 Å². The van der Waals surface area contributed by atoms with Gasteiger partial charge in [0.05, 0.1) is 13.2 Å². The zero-order valence-electron chi connectivity index (χ0n) is 36.9. The molecule has 0 heterocycles. The van der Waals surface area contributed by atoms with Crippen LogP contribution in [0.2, 0.25) is 0 Å². The first-order chi connectivity index (χ1) is 27.7. The van der Waals surface area contributed by atoms with Gasteiger partial charge in [0.2, 0.25) is 0 Å². The Morgan fingerprint density at radius 2 is 0.804 bits per heavy atom. The molecule has 0 spiro atoms. The van der Waals surface area contributed by atoms with Gasteiger partial charge in [-0.15, -0.1) is 0 Å². The predicted octanol–water partition coefficient (Wildman–Crippen LogP) is 15.9. The first-order valence-corrected chi connectivity index (χ1v) is 23.7. The van der Waals surface area contributed by atoms with Gasteiger partial charge in [-0.1, -0.05) is 221 Å². The number of aliphatic hydroxyl groups is 1. The molecule has 4 heteroatoms. The highest BCUT2D eigenvalue weighted by Gasteiger charge is 2.13. The molecule has 1 N–H and O–H groups in total. The van der Waals surface area contributed by atoms with Gasteiger partial charge < -0.3 is 14.6 Å². The molecular formula is C52H90O4. The lowest BCUT2D eigenvalue weighted by atomic mass is 10.0. The molecule has 0 rings (SSSR count). The second kappa shape index (κ2) is 48.7. The Kier molecular flexibility index (Phi) is 46.6. The Balaban J connectivity index is 3.53. The highest BCUT2D eigenvalue weighted by molar-refractivity contribution is 5.69. The number of hydrogen-bond donors (Lipinski definition) is 1. The van der Waals surface area contributed by atoms with Gasteiger partial charge in [0.25, 0.3) is 0 Å². The molecular weight excluding hydrogens is 689 g/mol. The summed E-state index contributed by atoms with van der Waals surface area (Å²) in [6.45, 7) is 5.14. The van der Waals surface area contributed by atoms with Gasteiger partial charge in [-0.05, 0) is 70.6 Å². The third kappa shape index (κ3) is 46.0. The summed E-state index contributed by atoms with van der Waals surface area (Å²) in [5, 5.41) is 9.63. The summed E-state index contributed by atoms with van der Waals surface area (Å²) in [5.74, 6) is -0.216. The van der Waals surface area contributed by atoms with Crippen LogP contribution in [0.15, 0.2) is 85.1 Å². The van der Waals surface area contributed by atoms with Crippen LogP contribution >= 0.6 is 0 Å². The third-order valence-electron chi connectivity index (χ3n) is 9.98. The smallest absolute Gasteiger partial charge is 0.306 e. The van der Waals surface area contributed by atoms with Crippen molar-refractivity contribution in [3.63, 3.8) is 0 Å². The Hall–Kier alpha value is -2.43. The number of rotatable bonds is 43. The minimum atomic E-state index is -0.561. The number of ether oxygens (including phenoxy) is 2. The molecule has 0 aromatic heterocycles. The average molecular weight is 779 g/mol. The summed E-state index contributed by atoms with van der Waals surface area (Å²) in [4.78, 5) is 12.2. The van der Waals surface area contributed by atoms with E-state index in [-0.39, 0.29) is 19.2 Å². The topological polar surface area (TPSA) is 55.8 Å². The lowest BCUT2D eigenvalue weighted by molar-refractivity contribution is -0.154. The van der Waals surface area contributed by atoms with E-state index >= 15 is 0 Å². The van der Waals surface area contributed by atoms with Crippen LogP contribution in [-0.2, 0) is 14.3 Å². The average Bonchev–Trinajstić information content (AvgIpc) is 3.20. The molecule has 322 valence electrons. The summed E-state index contributed by atoms with van der Waals surface area (Å²) in [6, 6.07) is 0. The summed E-state index contributed by atoms with van der Waals surface area (Å²) in [7, 11) is 0. The molecule has 0 saturated heterocycles. The molecule has 1 atom stereocenters. The minimum absolute atomic E-state index is 0.192. The van der Waals surface area contributed by atoms with Gasteiger partial charge in [-0.25, -0.2) is 0 Å². The van der Waals surface area contributed by atoms with Crippen molar-refractivity contribution in [2.24, 2.45) is 0 Å². The predicted molar refractivity (Wildman–Crippen MR) is 246 cm³/mol. The van der Waals surface area contributed by atoms with Crippen molar-refractivity contribution in [3.8, 4) is 0 Å². The van der Waals surface area contributed by atoms with Crippen LogP contribution < -0.4 is 0 Å². The third-order valence-corrected chi connectivity index (χ3v) is 9.98. The highest BCUT2D eigenvalue weighted by Crippen LogP contribution is 2.15. The number of carbonyl (C=O) groups excluding carboxylic acids is 1. The van der Waals surface area contributed by atoms with E-state index in [0.29, 0.717) is 13.0 Å². The van der Waals surface area contributed by atoms with Gasteiger partial charge in [0.1, 0.15) is 6.10 Å². The largest absolute Gasteiger partial charge is 0.457 e. The quantitative estimate of drug-likeness (QED) is 0.0380. The molecule has 0 aromatic carbocycles. The Morgan fingerprint density at radius 1 is 0.446 bits per heavy atom. The fourth-order valence-electron chi connectivity index (χ4n) is 6.49. The van der Waals surface area contributed by atoms with Gasteiger partial charge >= 0.3 is 5.97 Å². The maximum absolute atomic E-state index is 12.2. The van der Waals surface area contributed by atoms with E-state index in [9.17, 15) is 9.90 Å². The first-order valence-electron chi connectivity index (χ1n) is 23.7. The van der Waals surface area contributed by atoms with Gasteiger partial charge in [-0.3, -0.25) is 4.79 Å². The van der Waals surface area contributed by atoms with Crippen molar-refractivity contribution < 1.29 is 19.4 Å². The lowest BCUT2D eigenvalue weighted by Gasteiger charge is -2.15. The molecule has 0 aliphatic heterocycles. The van der Waals surface area contributed by atoms with Gasteiger partial charge in [-0.2, -0.15) is 0 Å². The Morgan fingerprint density at radius 3 is 1.18 bits per heavy atom. The second-order valence-corrected chi connectivity index (χ2v) is 15.5. The fraction of sp³-hybridized carbons (Fsp3) is 0.712. The number of esters is 1. The summed E-state index contributed by atoms with van der Waals surface area (Å²) >= 11 is 0. The monoisotopic (exact) mass is 779 g/mol. The van der Waals surface area contributed by atoms with Crippen molar-refractivity contribution in [2.45, 2.75) is 219 Å². The lowest BCUT2D eigenvalue weighted by Crippen LogP contribution is -2.27. The molecule has 1 unspecified atom stereocenters. The minimum Gasteiger partial charge on any atom is -0.457 e. The molecule has 0 saturated carbocycles. The number of allylic oxidation sites excluding steroid dienone is 14. The second-order valence-electron chi connectivity index (χ2n) is 15.5. The molecule has 0 aliphatic rings. The van der Waals surface area contributed by atoms with Crippen LogP contribution in [0.1, 0.15) is 213 Å². The summed E-state index contributed by atoms with van der Waals surface area (Å²) in [5.41, 5.74) is 0. The molecule has 4 nitrogen and oxygen atoms in total. The maximum atomic E-state index is 12.2. The van der Waals surface area contributed by atoms with Crippen LogP contribution in [0.4, 0.5) is 0 Å². The van der Waals surface area contributed by atoms with Crippen LogP contribution in [0.3, 0.4) is 0 Å². The molecule has 0 bridgehead atoms. The molecule has 0 amide bonds. The molecule has 0 radical (unpaired) electrons. The fourth-order valence-corrected chi connectivity index (χ4v) is 6.49. The van der Waals surface area contributed by atoms with Crippen LogP contribution in [-0.4, -0.2) is 37.0 Å². The summed E-state index contributed by atoms with van der Waals surface area (Å²) < 4.78 is 11.1. The first kappa shape index (κ1) is 53.6. The molecule has 56 heavy (non-hydrogen) atoms. The standard InChI is InChI=1S/C52H90O4/c1-3-5-7-9-11-13-15-17-19-21-23-25-26-27-28-30-32-34-36-38-40-42-44-46-48-55-50-51(49-53)56-52(54)47-45-43-41-39-37-35-33-31-29-24-22-20-18-16-14-12-10-8-6-4-2/h5,7,11,13,17,19,23,25,27-28,32,34,38,40,51,53H,3-4,6,8-10,12,14-16,18,20-22,24,26,29-31,33,35-37,39,41-50H2,1-2H3/b7-5-,13-11-,19-17-,25-23-,28-27-,34-32-,40-38-. The van der Waals surface area contributed by atoms with Crippen LogP contribution in [0.25, 0.3) is 0 Å². The SMILES string of the molecule is CC/C=C\C/C=C\C/C=C\C/C=C\C/C=C\C/C=C\C/C=C\CCCCOCC(CO)OC(=O)CCCCCCCCCCCCCCCCCCCCCC. The number of unbranched alkanes of at least 4 members (excludes halogenated alkanes) is 21. The van der Waals surface area contributed by atoms with Crippen molar-refractivity contribution in [1.29, 1.82) is 0 Å². The van der Waals surface area contributed by atoms with Crippen molar-refractivity contribution >= 4 is 5.97 Å². The number of carbonyl (C=O) groups is 1. The molecule has 0 aromatic rings. The Labute approximate surface area is 348 Å². The normalized spacial score (nSPS) is 13.1. The van der Waals surface area contributed by atoms with E-state index < -0.39 is 6.10 Å². The molecule has 0 aliphatic carbocycles. The van der Waals surface area contributed by atoms with Gasteiger partial charge in [0.15, 0.2) is 0 Å². The van der Waals surface area contributed by atoms with E-state index in [0.717, 1.165) is 77.0 Å². The van der Waals surface area contributed by atoms with E-state index in [4.69, 9.17) is 9.47 Å². The van der Waals surface area contributed by atoms with E-state index in [1.165, 1.54) is 116 Å². The van der Waals surface area contributed by atoms with Crippen molar-refractivity contribution in [3.05, 3.63) is 85.1 Å². The van der Waals surface area contributed by atoms with E-state index in [1.54, 1.807) is 0 Å². The zero-order valence-corrected chi connectivity index (χ0v) is 36.9. The number of hydrogen-bond acceptors (Lipinski definition) is 4. The van der Waals surface area contributed by atoms with Crippen LogP contribution in [0, 0.1) is 0 Å². The highest BCUT2D eigenvalue weighted by atomic mass is 16.6. The van der Waals surface area contributed by atoms with Gasteiger partial charge in [0, 0.05) is 13.0 Å². The van der Waals surface area contributed by atoms with Crippen molar-refractivity contribution in [2.75, 3.05) is 19.8 Å². The van der Waals surface area contributed by atoms with Crippen molar-refractivity contribution in [1.82, 2.24) is 0 Å². The zero-order chi connectivity index (χ0) is 40.5. The maximum Gasteiger partial charge on any atom is 0.306 e. The number of aliphatic hydroxyl groups excluding tert-OH is 1. The van der Waals surface area contributed by atoms with E-state index in [2.05, 4.69) is 98.9 Å². The Bertz CT molecular complexity index is 1000. The van der Waals surface area contributed by atoms with Crippen LogP contribution in [0.5, 0.6) is 0 Å². The molecule has 0 fully saturated rings.